The number of benzene rings is 2. The molecule has 0 unspecified atom stereocenters. The highest BCUT2D eigenvalue weighted by Gasteiger charge is 2.46. The number of amides is 5. The van der Waals surface area contributed by atoms with Crippen LogP contribution >= 0.6 is 0 Å². The Kier molecular flexibility index (Phi) is 12.1. The molecule has 15 nitrogen and oxygen atoms in total. The van der Waals surface area contributed by atoms with E-state index in [1.54, 1.807) is 65.6 Å². The van der Waals surface area contributed by atoms with Gasteiger partial charge in [-0.05, 0) is 42.8 Å². The van der Waals surface area contributed by atoms with Crippen LogP contribution in [0, 0.1) is 0 Å². The predicted octanol–water partition coefficient (Wildman–Crippen LogP) is 0.362. The fourth-order valence-electron chi connectivity index (χ4n) is 5.80. The van der Waals surface area contributed by atoms with Gasteiger partial charge in [0.2, 0.25) is 23.6 Å². The molecule has 3 aromatic rings. The zero-order chi connectivity index (χ0) is 36.4. The van der Waals surface area contributed by atoms with Crippen molar-refractivity contribution in [3.8, 4) is 17.4 Å². The van der Waals surface area contributed by atoms with Crippen molar-refractivity contribution >= 4 is 29.5 Å². The smallest absolute Gasteiger partial charge is 0.265 e. The molecule has 270 valence electrons. The summed E-state index contributed by atoms with van der Waals surface area (Å²) in [6, 6.07) is 15.2. The summed E-state index contributed by atoms with van der Waals surface area (Å²) in [5, 5.41) is 20.6. The SMILES string of the molecule is COc1cc(C(=O)N2CCC3(CC2)Oc2ccc(cc2)OCCNC(=O)[C@H](C)NC(=O)[C@H](CO)NC(=O)[C@@H](Cc2ccccc2)NC3=O)ccn1. The van der Waals surface area contributed by atoms with E-state index in [9.17, 15) is 29.1 Å². The van der Waals surface area contributed by atoms with E-state index in [0.29, 0.717) is 22.9 Å². The normalized spacial score (nSPS) is 21.6. The van der Waals surface area contributed by atoms with Crippen LogP contribution in [0.4, 0.5) is 0 Å². The van der Waals surface area contributed by atoms with Crippen molar-refractivity contribution in [2.75, 3.05) is 40.0 Å². The van der Waals surface area contributed by atoms with Gasteiger partial charge in [0.05, 0.1) is 20.3 Å². The lowest BCUT2D eigenvalue weighted by atomic mass is 9.88. The van der Waals surface area contributed by atoms with Gasteiger partial charge in [-0.2, -0.15) is 0 Å². The van der Waals surface area contributed by atoms with E-state index in [-0.39, 0.29) is 51.4 Å². The third-order valence-corrected chi connectivity index (χ3v) is 8.74. The molecular weight excluding hydrogens is 660 g/mol. The van der Waals surface area contributed by atoms with Gasteiger partial charge in [-0.15, -0.1) is 0 Å². The summed E-state index contributed by atoms with van der Waals surface area (Å²) in [4.78, 5) is 72.9. The van der Waals surface area contributed by atoms with E-state index in [4.69, 9.17) is 14.2 Å². The van der Waals surface area contributed by atoms with Crippen LogP contribution in [0.25, 0.3) is 0 Å². The minimum absolute atomic E-state index is 0.0492. The number of carbonyl (C=O) groups excluding carboxylic acids is 5. The van der Waals surface area contributed by atoms with Crippen molar-refractivity contribution in [2.24, 2.45) is 0 Å². The molecule has 0 radical (unpaired) electrons. The second-order valence-corrected chi connectivity index (χ2v) is 12.3. The van der Waals surface area contributed by atoms with E-state index >= 15 is 0 Å². The highest BCUT2D eigenvalue weighted by Crippen LogP contribution is 2.31. The number of aliphatic hydroxyl groups excluding tert-OH is 1. The predicted molar refractivity (Wildman–Crippen MR) is 183 cm³/mol. The number of carbonyl (C=O) groups is 5. The average molecular weight is 703 g/mol. The summed E-state index contributed by atoms with van der Waals surface area (Å²) in [5.74, 6) is -1.72. The molecule has 2 bridgehead atoms. The molecule has 5 N–H and O–H groups in total. The number of nitrogens with zero attached hydrogens (tertiary/aromatic N) is 2. The van der Waals surface area contributed by atoms with Gasteiger partial charge in [-0.1, -0.05) is 30.3 Å². The van der Waals surface area contributed by atoms with Crippen LogP contribution in [0.1, 0.15) is 35.7 Å². The average Bonchev–Trinajstić information content (AvgIpc) is 3.15. The molecule has 15 heteroatoms. The second kappa shape index (κ2) is 16.8. The standard InChI is InChI=1S/C36H42N6O9/c1-23-31(44)38-16-19-50-26-8-10-27(11-9-26)51-36(13-17-42(18-14-36)34(47)25-12-15-37-30(21-25)49-2)35(48)41-28(20-24-6-4-3-5-7-24)32(45)40-29(22-43)33(46)39-23/h3-12,15,21,23,28-29,43H,13-14,16-20,22H2,1-2H3,(H,38,44)(H,39,46)(H,40,45)(H,41,48)/t23-,28+,29-/m0/s1. The minimum atomic E-state index is -1.50. The maximum atomic E-state index is 14.4. The molecule has 1 saturated heterocycles. The van der Waals surface area contributed by atoms with E-state index < -0.39 is 54.0 Å². The molecule has 51 heavy (non-hydrogen) atoms. The molecule has 3 atom stereocenters. The van der Waals surface area contributed by atoms with Crippen LogP contribution in [0.2, 0.25) is 0 Å². The summed E-state index contributed by atoms with van der Waals surface area (Å²) in [7, 11) is 1.46. The third-order valence-electron chi connectivity index (χ3n) is 8.74. The number of aliphatic hydroxyl groups is 1. The van der Waals surface area contributed by atoms with Crippen LogP contribution in [-0.2, 0) is 25.6 Å². The number of ether oxygens (including phenoxy) is 3. The van der Waals surface area contributed by atoms with Crippen LogP contribution in [0.3, 0.4) is 0 Å². The number of aromatic nitrogens is 1. The number of piperidine rings is 1. The number of rotatable bonds is 5. The first kappa shape index (κ1) is 36.6. The molecular formula is C36H42N6O9. The number of nitrogens with one attached hydrogen (secondary N) is 4. The maximum absolute atomic E-state index is 14.4. The van der Waals surface area contributed by atoms with Gasteiger partial charge in [0.15, 0.2) is 5.60 Å². The van der Waals surface area contributed by atoms with Crippen molar-refractivity contribution < 1.29 is 43.3 Å². The number of hydrogen-bond acceptors (Lipinski definition) is 10. The lowest BCUT2D eigenvalue weighted by Gasteiger charge is -2.41. The number of hydrogen-bond donors (Lipinski definition) is 5. The maximum Gasteiger partial charge on any atom is 0.265 e. The first-order valence-corrected chi connectivity index (χ1v) is 16.7. The van der Waals surface area contributed by atoms with Crippen molar-refractivity contribution in [2.45, 2.75) is 49.9 Å². The van der Waals surface area contributed by atoms with Crippen molar-refractivity contribution in [1.82, 2.24) is 31.2 Å². The van der Waals surface area contributed by atoms with Gasteiger partial charge in [-0.25, -0.2) is 4.98 Å². The van der Waals surface area contributed by atoms with Crippen molar-refractivity contribution in [1.29, 1.82) is 0 Å². The zero-order valence-corrected chi connectivity index (χ0v) is 28.4. The highest BCUT2D eigenvalue weighted by atomic mass is 16.5. The van der Waals surface area contributed by atoms with Gasteiger partial charge < -0.3 is 45.5 Å². The Labute approximate surface area is 295 Å². The number of likely N-dealkylation sites (tertiary alicyclic amines) is 1. The van der Waals surface area contributed by atoms with Crippen LogP contribution in [0.15, 0.2) is 72.9 Å². The lowest BCUT2D eigenvalue weighted by molar-refractivity contribution is -0.144. The van der Waals surface area contributed by atoms with Crippen LogP contribution in [0.5, 0.6) is 17.4 Å². The first-order valence-electron chi connectivity index (χ1n) is 16.7. The highest BCUT2D eigenvalue weighted by molar-refractivity contribution is 5.97. The van der Waals surface area contributed by atoms with Crippen LogP contribution in [-0.4, -0.2) is 108 Å². The molecule has 6 rings (SSSR count). The minimum Gasteiger partial charge on any atom is -0.492 e. The molecule has 4 heterocycles. The van der Waals surface area contributed by atoms with E-state index in [1.165, 1.54) is 20.2 Å². The molecule has 5 amide bonds. The van der Waals surface area contributed by atoms with Gasteiger partial charge in [0.25, 0.3) is 11.8 Å². The topological polar surface area (TPSA) is 198 Å². The number of fused-ring (bicyclic) bond motifs is 15. The molecule has 3 aliphatic heterocycles. The van der Waals surface area contributed by atoms with Crippen molar-refractivity contribution in [3.05, 3.63) is 84.1 Å². The van der Waals surface area contributed by atoms with Gasteiger partial charge in [0, 0.05) is 50.2 Å². The number of pyridine rings is 1. The monoisotopic (exact) mass is 702 g/mol. The Balaban J connectivity index is 1.45. The summed E-state index contributed by atoms with van der Waals surface area (Å²) >= 11 is 0. The van der Waals surface area contributed by atoms with E-state index in [2.05, 4.69) is 26.3 Å². The summed E-state index contributed by atoms with van der Waals surface area (Å²) in [6.07, 6.45) is 1.71. The quantitative estimate of drug-likeness (QED) is 0.232. The third kappa shape index (κ3) is 9.30. The molecule has 0 aliphatic carbocycles. The van der Waals surface area contributed by atoms with E-state index in [1.807, 2.05) is 6.07 Å². The van der Waals surface area contributed by atoms with Gasteiger partial charge >= 0.3 is 0 Å². The Morgan fingerprint density at radius 1 is 0.922 bits per heavy atom. The number of methoxy groups -OCH3 is 1. The lowest BCUT2D eigenvalue weighted by Crippen LogP contribution is -2.62. The van der Waals surface area contributed by atoms with Crippen LogP contribution < -0.4 is 35.5 Å². The second-order valence-electron chi connectivity index (χ2n) is 12.3. The summed E-state index contributed by atoms with van der Waals surface area (Å²) in [6.45, 7) is 1.30. The Morgan fingerprint density at radius 2 is 1.61 bits per heavy atom. The van der Waals surface area contributed by atoms with E-state index in [0.717, 1.165) is 5.56 Å². The van der Waals surface area contributed by atoms with Gasteiger partial charge in [-0.3, -0.25) is 24.0 Å². The Morgan fingerprint density at radius 3 is 2.29 bits per heavy atom. The van der Waals surface area contributed by atoms with Gasteiger partial charge in [0.1, 0.15) is 36.2 Å². The molecule has 2 aromatic carbocycles. The molecule has 3 aliphatic rings. The molecule has 0 saturated carbocycles. The first-order chi connectivity index (χ1) is 24.6. The fourth-order valence-corrected chi connectivity index (χ4v) is 5.80. The molecule has 1 aromatic heterocycles. The molecule has 1 spiro atoms. The fraction of sp³-hybridized carbons (Fsp3) is 0.389. The Hall–Kier alpha value is -5.70. The van der Waals surface area contributed by atoms with Crippen molar-refractivity contribution in [3.63, 3.8) is 0 Å². The Bertz CT molecular complexity index is 1700. The largest absolute Gasteiger partial charge is 0.492 e. The molecule has 1 fully saturated rings. The summed E-state index contributed by atoms with van der Waals surface area (Å²) < 4.78 is 17.4. The summed E-state index contributed by atoms with van der Waals surface area (Å²) in [5.41, 5.74) is -0.397. The zero-order valence-electron chi connectivity index (χ0n) is 28.4.